The molecule has 11 heteroatoms. The van der Waals surface area contributed by atoms with E-state index in [9.17, 15) is 14.0 Å². The van der Waals surface area contributed by atoms with Crippen molar-refractivity contribution in [1.29, 1.82) is 0 Å². The average Bonchev–Trinajstić information content (AvgIpc) is 3.66. The molecule has 0 aliphatic heterocycles. The van der Waals surface area contributed by atoms with E-state index in [1.807, 2.05) is 0 Å². The first-order valence-electron chi connectivity index (χ1n) is 11.7. The molecule has 186 valence electrons. The van der Waals surface area contributed by atoms with Crippen LogP contribution in [0.3, 0.4) is 0 Å². The van der Waals surface area contributed by atoms with Crippen LogP contribution >= 0.6 is 0 Å². The van der Waals surface area contributed by atoms with Gasteiger partial charge in [-0.15, -0.1) is 10.2 Å². The Morgan fingerprint density at radius 2 is 1.94 bits per heavy atom. The van der Waals surface area contributed by atoms with E-state index >= 15 is 0 Å². The van der Waals surface area contributed by atoms with Crippen molar-refractivity contribution in [3.05, 3.63) is 72.1 Å². The molecule has 3 heterocycles. The summed E-state index contributed by atoms with van der Waals surface area (Å²) >= 11 is 0. The van der Waals surface area contributed by atoms with Crippen molar-refractivity contribution in [2.45, 2.75) is 51.2 Å². The summed E-state index contributed by atoms with van der Waals surface area (Å²) in [6.45, 7) is 1.47. The first-order chi connectivity index (χ1) is 17.5. The maximum absolute atomic E-state index is 13.7. The van der Waals surface area contributed by atoms with Gasteiger partial charge >= 0.3 is 0 Å². The fraction of sp³-hybridized carbons (Fsp3) is 0.320. The van der Waals surface area contributed by atoms with Crippen molar-refractivity contribution in [1.82, 2.24) is 25.5 Å². The number of furan rings is 2. The highest BCUT2D eigenvalue weighted by molar-refractivity contribution is 6.01. The van der Waals surface area contributed by atoms with Crippen LogP contribution in [0.2, 0.25) is 0 Å². The van der Waals surface area contributed by atoms with Crippen LogP contribution in [0, 0.1) is 12.7 Å². The highest BCUT2D eigenvalue weighted by Gasteiger charge is 2.36. The molecular formula is C25H25FN6O4. The first-order valence-corrected chi connectivity index (χ1v) is 11.7. The van der Waals surface area contributed by atoms with Crippen LogP contribution in [0.25, 0.3) is 11.6 Å². The molecule has 3 aromatic heterocycles. The lowest BCUT2D eigenvalue weighted by Gasteiger charge is -2.30. The van der Waals surface area contributed by atoms with Gasteiger partial charge in [-0.3, -0.25) is 14.5 Å². The monoisotopic (exact) mass is 492 g/mol. The Hall–Kier alpha value is -4.28. The lowest BCUT2D eigenvalue weighted by molar-refractivity contribution is -0.128. The molecule has 4 aromatic rings. The van der Waals surface area contributed by atoms with E-state index in [1.165, 1.54) is 35.4 Å². The highest BCUT2D eigenvalue weighted by Crippen LogP contribution is 2.30. The van der Waals surface area contributed by atoms with Gasteiger partial charge in [-0.1, -0.05) is 12.8 Å². The number of amides is 2. The number of rotatable bonds is 8. The van der Waals surface area contributed by atoms with Crippen LogP contribution in [-0.2, 0) is 16.1 Å². The van der Waals surface area contributed by atoms with E-state index in [0.717, 1.165) is 30.5 Å². The summed E-state index contributed by atoms with van der Waals surface area (Å²) in [7, 11) is 0. The summed E-state index contributed by atoms with van der Waals surface area (Å²) in [4.78, 5) is 29.6. The molecule has 5 rings (SSSR count). The van der Waals surface area contributed by atoms with E-state index < -0.39 is 17.8 Å². The molecule has 0 bridgehead atoms. The fourth-order valence-corrected chi connectivity index (χ4v) is 4.37. The second kappa shape index (κ2) is 10.1. The minimum atomic E-state index is -1.12. The SMILES string of the molecule is Cc1ccc(-c2nnn(CC(=O)N(c3ccc(F)cc3)[C@@H](C(=O)NC3CCCC3)c3ccco3)n2)o1. The van der Waals surface area contributed by atoms with Gasteiger partial charge in [0.1, 0.15) is 23.9 Å². The molecule has 2 amide bonds. The van der Waals surface area contributed by atoms with Gasteiger partial charge in [0.25, 0.3) is 11.8 Å². The van der Waals surface area contributed by atoms with E-state index in [2.05, 4.69) is 20.7 Å². The Labute approximate surface area is 206 Å². The molecule has 0 unspecified atom stereocenters. The summed E-state index contributed by atoms with van der Waals surface area (Å²) < 4.78 is 24.8. The summed E-state index contributed by atoms with van der Waals surface area (Å²) in [6, 6.07) is 11.0. The molecule has 1 atom stereocenters. The minimum Gasteiger partial charge on any atom is -0.467 e. The van der Waals surface area contributed by atoms with Crippen molar-refractivity contribution in [3.8, 4) is 11.6 Å². The fourth-order valence-electron chi connectivity index (χ4n) is 4.37. The first kappa shape index (κ1) is 23.5. The molecule has 36 heavy (non-hydrogen) atoms. The smallest absolute Gasteiger partial charge is 0.251 e. The number of anilines is 1. The summed E-state index contributed by atoms with van der Waals surface area (Å²) in [5.74, 6) is 0.261. The van der Waals surface area contributed by atoms with Crippen molar-refractivity contribution in [2.24, 2.45) is 0 Å². The quantitative estimate of drug-likeness (QED) is 0.397. The van der Waals surface area contributed by atoms with Crippen LogP contribution in [0.4, 0.5) is 10.1 Å². The van der Waals surface area contributed by atoms with Gasteiger partial charge in [0.05, 0.1) is 6.26 Å². The molecule has 1 N–H and O–H groups in total. The molecule has 1 aliphatic carbocycles. The van der Waals surface area contributed by atoms with Gasteiger partial charge in [0.15, 0.2) is 11.8 Å². The summed E-state index contributed by atoms with van der Waals surface area (Å²) in [5.41, 5.74) is 0.325. The average molecular weight is 493 g/mol. The number of hydrogen-bond donors (Lipinski definition) is 1. The molecule has 1 aromatic carbocycles. The number of aromatic nitrogens is 4. The predicted molar refractivity (Wildman–Crippen MR) is 126 cm³/mol. The number of carbonyl (C=O) groups is 2. The van der Waals surface area contributed by atoms with Crippen molar-refractivity contribution < 1.29 is 22.8 Å². The third-order valence-electron chi connectivity index (χ3n) is 6.08. The highest BCUT2D eigenvalue weighted by atomic mass is 19.1. The van der Waals surface area contributed by atoms with Gasteiger partial charge in [0.2, 0.25) is 5.82 Å². The molecule has 0 radical (unpaired) electrons. The third kappa shape index (κ3) is 5.04. The van der Waals surface area contributed by atoms with Gasteiger partial charge in [0, 0.05) is 11.7 Å². The Morgan fingerprint density at radius 1 is 1.17 bits per heavy atom. The van der Waals surface area contributed by atoms with Crippen molar-refractivity contribution in [2.75, 3.05) is 4.90 Å². The third-order valence-corrected chi connectivity index (χ3v) is 6.08. The van der Waals surface area contributed by atoms with Crippen molar-refractivity contribution in [3.63, 3.8) is 0 Å². The second-order valence-corrected chi connectivity index (χ2v) is 8.70. The molecule has 10 nitrogen and oxygen atoms in total. The predicted octanol–water partition coefficient (Wildman–Crippen LogP) is 3.81. The van der Waals surface area contributed by atoms with Crippen LogP contribution < -0.4 is 10.2 Å². The zero-order valence-electron chi connectivity index (χ0n) is 19.6. The minimum absolute atomic E-state index is 0.0245. The summed E-state index contributed by atoms with van der Waals surface area (Å²) in [6.07, 6.45) is 5.26. The Kier molecular flexibility index (Phi) is 6.61. The number of tetrazole rings is 1. The van der Waals surface area contributed by atoms with E-state index in [1.54, 1.807) is 31.2 Å². The van der Waals surface area contributed by atoms with Gasteiger partial charge < -0.3 is 14.2 Å². The van der Waals surface area contributed by atoms with E-state index in [4.69, 9.17) is 8.83 Å². The van der Waals surface area contributed by atoms with Gasteiger partial charge in [-0.05, 0) is 73.5 Å². The largest absolute Gasteiger partial charge is 0.467 e. The van der Waals surface area contributed by atoms with Crippen LogP contribution in [0.5, 0.6) is 0 Å². The second-order valence-electron chi connectivity index (χ2n) is 8.70. The number of nitrogens with zero attached hydrogens (tertiary/aromatic N) is 5. The molecular weight excluding hydrogens is 467 g/mol. The maximum atomic E-state index is 13.7. The molecule has 1 saturated carbocycles. The Bertz CT molecular complexity index is 1320. The Balaban J connectivity index is 1.47. The van der Waals surface area contributed by atoms with E-state index in [0.29, 0.717) is 17.2 Å². The lowest BCUT2D eigenvalue weighted by atomic mass is 10.1. The van der Waals surface area contributed by atoms with Gasteiger partial charge in [-0.2, -0.15) is 4.80 Å². The zero-order valence-corrected chi connectivity index (χ0v) is 19.6. The standard InChI is InChI=1S/C25H25FN6O4/c1-16-8-13-21(36-16)24-28-30-31(29-24)15-22(33)32(19-11-9-17(26)10-12-19)23(20-7-4-14-35-20)25(34)27-18-5-2-3-6-18/h4,7-14,18,23H,2-3,5-6,15H2,1H3,(H,27,34)/t23-/m1/s1. The number of aryl methyl sites for hydroxylation is 1. The van der Waals surface area contributed by atoms with Crippen LogP contribution in [0.1, 0.15) is 43.2 Å². The lowest BCUT2D eigenvalue weighted by Crippen LogP contribution is -2.47. The summed E-state index contributed by atoms with van der Waals surface area (Å²) in [5, 5.41) is 15.2. The zero-order chi connectivity index (χ0) is 25.1. The number of nitrogens with one attached hydrogen (secondary N) is 1. The molecule has 1 aliphatic rings. The number of hydrogen-bond acceptors (Lipinski definition) is 7. The van der Waals surface area contributed by atoms with Crippen LogP contribution in [-0.4, -0.2) is 38.1 Å². The maximum Gasteiger partial charge on any atom is 0.251 e. The number of benzene rings is 1. The normalized spacial score (nSPS) is 14.6. The molecule has 1 fully saturated rings. The topological polar surface area (TPSA) is 119 Å². The number of carbonyl (C=O) groups excluding carboxylic acids is 2. The van der Waals surface area contributed by atoms with Crippen molar-refractivity contribution >= 4 is 17.5 Å². The molecule has 0 spiro atoms. The Morgan fingerprint density at radius 3 is 2.61 bits per heavy atom. The number of halogens is 1. The van der Waals surface area contributed by atoms with Gasteiger partial charge in [-0.25, -0.2) is 4.39 Å². The van der Waals surface area contributed by atoms with E-state index in [-0.39, 0.29) is 30.1 Å². The molecule has 0 saturated heterocycles. The van der Waals surface area contributed by atoms with Crippen LogP contribution in [0.15, 0.2) is 63.6 Å².